The van der Waals surface area contributed by atoms with Crippen molar-refractivity contribution in [3.63, 3.8) is 0 Å². The molecule has 6 rings (SSSR count). The highest BCUT2D eigenvalue weighted by Gasteiger charge is 2.51. The van der Waals surface area contributed by atoms with Gasteiger partial charge in [-0.2, -0.15) is 26.3 Å². The first-order chi connectivity index (χ1) is 22.9. The van der Waals surface area contributed by atoms with Crippen LogP contribution in [0.2, 0.25) is 0 Å². The van der Waals surface area contributed by atoms with Crippen LogP contribution in [0.15, 0.2) is 109 Å². The van der Waals surface area contributed by atoms with E-state index in [1.165, 1.54) is 24.3 Å². The molecule has 2 saturated heterocycles. The normalized spacial score (nSPS) is 19.0. The van der Waals surface area contributed by atoms with Gasteiger partial charge < -0.3 is 0 Å². The summed E-state index contributed by atoms with van der Waals surface area (Å²) < 4.78 is 84.6. The summed E-state index contributed by atoms with van der Waals surface area (Å²) in [7, 11) is 1.93. The molecule has 0 N–H and O–H groups in total. The molecule has 0 unspecified atom stereocenters. The molecular weight excluding hydrogens is 624 g/mol. The van der Waals surface area contributed by atoms with Crippen molar-refractivity contribution in [3.8, 4) is 0 Å². The van der Waals surface area contributed by atoms with E-state index in [4.69, 9.17) is 0 Å². The van der Waals surface area contributed by atoms with E-state index >= 15 is 0 Å². The summed E-state index contributed by atoms with van der Waals surface area (Å²) in [5, 5.41) is 0. The molecule has 0 bridgehead atoms. The highest BCUT2D eigenvalue weighted by atomic mass is 19.4. The fraction of sp³-hybridized carbons (Fsp3) is 0.385. The molecule has 0 spiro atoms. The van der Waals surface area contributed by atoms with E-state index in [-0.39, 0.29) is 0 Å². The number of hydrogen-bond donors (Lipinski definition) is 0. The van der Waals surface area contributed by atoms with Crippen molar-refractivity contribution in [2.45, 2.75) is 62.2 Å². The number of piperidine rings is 2. The molecular formula is C39H41F6N3. The summed E-state index contributed by atoms with van der Waals surface area (Å²) in [6.45, 7) is 3.97. The van der Waals surface area contributed by atoms with Crippen LogP contribution in [0.3, 0.4) is 0 Å². The van der Waals surface area contributed by atoms with Crippen LogP contribution in [-0.2, 0) is 36.5 Å². The molecule has 3 nitrogen and oxygen atoms in total. The zero-order chi connectivity index (χ0) is 34.0. The average Bonchev–Trinajstić information content (AvgIpc) is 3.09. The Labute approximate surface area is 278 Å². The van der Waals surface area contributed by atoms with E-state index in [0.29, 0.717) is 63.0 Å². The lowest BCUT2D eigenvalue weighted by Gasteiger charge is -2.58. The molecule has 0 atom stereocenters. The molecule has 254 valence electrons. The van der Waals surface area contributed by atoms with Crippen LogP contribution in [0.1, 0.15) is 59.1 Å². The monoisotopic (exact) mass is 665 g/mol. The summed E-state index contributed by atoms with van der Waals surface area (Å²) in [5.41, 5.74) is 0.298. The van der Waals surface area contributed by atoms with Gasteiger partial charge in [-0.25, -0.2) is 0 Å². The number of alkyl halides is 6. The van der Waals surface area contributed by atoms with Gasteiger partial charge in [0, 0.05) is 50.3 Å². The second kappa shape index (κ2) is 13.7. The third-order valence-electron chi connectivity index (χ3n) is 10.6. The summed E-state index contributed by atoms with van der Waals surface area (Å²) in [6, 6.07) is 31.3. The third-order valence-corrected chi connectivity index (χ3v) is 10.6. The first-order valence-electron chi connectivity index (χ1n) is 16.5. The van der Waals surface area contributed by atoms with Gasteiger partial charge in [0.1, 0.15) is 0 Å². The maximum absolute atomic E-state index is 14.1. The van der Waals surface area contributed by atoms with Gasteiger partial charge in [0.25, 0.3) is 0 Å². The molecule has 4 aromatic carbocycles. The Morgan fingerprint density at radius 1 is 0.521 bits per heavy atom. The zero-order valence-electron chi connectivity index (χ0n) is 27.1. The predicted octanol–water partition coefficient (Wildman–Crippen LogP) is 9.34. The molecule has 2 aliphatic heterocycles. The molecule has 4 aromatic rings. The summed E-state index contributed by atoms with van der Waals surface area (Å²) >= 11 is 0. The van der Waals surface area contributed by atoms with Crippen LogP contribution in [0.5, 0.6) is 0 Å². The highest BCUT2D eigenvalue weighted by molar-refractivity contribution is 5.37. The van der Waals surface area contributed by atoms with Crippen molar-refractivity contribution in [3.05, 3.63) is 143 Å². The Balaban J connectivity index is 1.40. The van der Waals surface area contributed by atoms with Gasteiger partial charge in [-0.05, 0) is 79.3 Å². The summed E-state index contributed by atoms with van der Waals surface area (Å²) in [5.74, 6) is 0. The number of benzene rings is 4. The molecule has 0 saturated carbocycles. The van der Waals surface area contributed by atoms with Crippen LogP contribution in [-0.4, -0.2) is 47.9 Å². The largest absolute Gasteiger partial charge is 0.416 e. The van der Waals surface area contributed by atoms with Crippen LogP contribution < -0.4 is 0 Å². The molecule has 0 aliphatic carbocycles. The van der Waals surface area contributed by atoms with Gasteiger partial charge in [0.05, 0.1) is 11.1 Å². The first kappa shape index (κ1) is 34.2. The topological polar surface area (TPSA) is 9.72 Å². The maximum atomic E-state index is 14.1. The Bertz CT molecular complexity index is 1510. The molecule has 2 aliphatic rings. The molecule has 9 heteroatoms. The van der Waals surface area contributed by atoms with E-state index < -0.39 is 34.6 Å². The van der Waals surface area contributed by atoms with Gasteiger partial charge >= 0.3 is 12.4 Å². The second-order valence-electron chi connectivity index (χ2n) is 13.3. The lowest BCUT2D eigenvalue weighted by molar-refractivity contribution is -0.138. The van der Waals surface area contributed by atoms with Gasteiger partial charge in [0.15, 0.2) is 0 Å². The Morgan fingerprint density at radius 3 is 1.21 bits per heavy atom. The van der Waals surface area contributed by atoms with E-state index in [9.17, 15) is 26.3 Å². The van der Waals surface area contributed by atoms with Crippen molar-refractivity contribution in [2.75, 3.05) is 33.2 Å². The first-order valence-corrected chi connectivity index (χ1v) is 16.5. The average molecular weight is 666 g/mol. The predicted molar refractivity (Wildman–Crippen MR) is 176 cm³/mol. The second-order valence-corrected chi connectivity index (χ2v) is 13.3. The Morgan fingerprint density at radius 2 is 0.875 bits per heavy atom. The minimum atomic E-state index is -4.52. The van der Waals surface area contributed by atoms with Crippen LogP contribution in [0, 0.1) is 0 Å². The zero-order valence-corrected chi connectivity index (χ0v) is 27.1. The number of rotatable bonds is 8. The van der Waals surface area contributed by atoms with E-state index in [1.54, 1.807) is 12.1 Å². The molecule has 48 heavy (non-hydrogen) atoms. The fourth-order valence-corrected chi connectivity index (χ4v) is 7.86. The molecule has 2 fully saturated rings. The van der Waals surface area contributed by atoms with E-state index in [2.05, 4.69) is 39.0 Å². The minimum Gasteiger partial charge on any atom is -0.299 e. The lowest BCUT2D eigenvalue weighted by Crippen LogP contribution is -2.61. The molecule has 0 aromatic heterocycles. The van der Waals surface area contributed by atoms with Crippen molar-refractivity contribution in [2.24, 2.45) is 0 Å². The quantitative estimate of drug-likeness (QED) is 0.174. The smallest absolute Gasteiger partial charge is 0.299 e. The summed E-state index contributed by atoms with van der Waals surface area (Å²) in [6.07, 6.45) is -6.91. The van der Waals surface area contributed by atoms with Crippen molar-refractivity contribution in [1.82, 2.24) is 14.7 Å². The molecule has 2 heterocycles. The van der Waals surface area contributed by atoms with E-state index in [1.807, 2.05) is 43.4 Å². The number of likely N-dealkylation sites (tertiary alicyclic amines) is 2. The highest BCUT2D eigenvalue weighted by Crippen LogP contribution is 2.50. The number of halogens is 6. The minimum absolute atomic E-state index is 0.534. The Hall–Kier alpha value is -3.66. The van der Waals surface area contributed by atoms with E-state index in [0.717, 1.165) is 36.3 Å². The fourth-order valence-electron chi connectivity index (χ4n) is 7.86. The number of hydrogen-bond acceptors (Lipinski definition) is 3. The number of nitrogens with zero attached hydrogens (tertiary/aromatic N) is 3. The molecule has 0 amide bonds. The molecule has 0 radical (unpaired) electrons. The van der Waals surface area contributed by atoms with Crippen LogP contribution in [0.4, 0.5) is 26.3 Å². The van der Waals surface area contributed by atoms with Gasteiger partial charge in [0.2, 0.25) is 0 Å². The van der Waals surface area contributed by atoms with Crippen LogP contribution in [0.25, 0.3) is 0 Å². The Kier molecular flexibility index (Phi) is 9.76. The van der Waals surface area contributed by atoms with Crippen molar-refractivity contribution in [1.29, 1.82) is 0 Å². The van der Waals surface area contributed by atoms with Crippen molar-refractivity contribution >= 4 is 0 Å². The van der Waals surface area contributed by atoms with Gasteiger partial charge in [-0.15, -0.1) is 0 Å². The lowest BCUT2D eigenvalue weighted by atomic mass is 9.71. The van der Waals surface area contributed by atoms with Gasteiger partial charge in [-0.1, -0.05) is 84.9 Å². The third kappa shape index (κ3) is 7.19. The summed E-state index contributed by atoms with van der Waals surface area (Å²) in [4.78, 5) is 6.80. The maximum Gasteiger partial charge on any atom is 0.416 e. The van der Waals surface area contributed by atoms with Crippen molar-refractivity contribution < 1.29 is 26.3 Å². The standard InChI is InChI=1S/C39H41F6N3/c1-46(36(32-14-8-16-34(26-32)38(40,41)42)18-22-47(23-19-36)28-30-10-4-2-5-11-30)37(33-15-9-17-35(27-33)39(43,44)45)20-24-48(25-21-37)29-31-12-6-3-7-13-31/h2-17,26-27H,18-25,28-29H2,1H3. The SMILES string of the molecule is CN(C1(c2cccc(C(F)(F)F)c2)CCN(Cc2ccccc2)CC1)C1(c2cccc(C(F)(F)F)c2)CCN(Cc2ccccc2)CC1. The van der Waals surface area contributed by atoms with Crippen LogP contribution >= 0.6 is 0 Å². The van der Waals surface area contributed by atoms with Gasteiger partial charge in [-0.3, -0.25) is 14.7 Å².